The van der Waals surface area contributed by atoms with Crippen molar-refractivity contribution in [3.05, 3.63) is 35.4 Å². The summed E-state index contributed by atoms with van der Waals surface area (Å²) in [6, 6.07) is 3.89. The van der Waals surface area contributed by atoms with E-state index in [9.17, 15) is 18.7 Å². The first-order chi connectivity index (χ1) is 10.5. The third-order valence-corrected chi connectivity index (χ3v) is 4.62. The van der Waals surface area contributed by atoms with Crippen molar-refractivity contribution in [1.29, 1.82) is 0 Å². The van der Waals surface area contributed by atoms with Crippen LogP contribution in [0.4, 0.5) is 13.6 Å². The molecule has 0 saturated carbocycles. The Bertz CT molecular complexity index is 553. The van der Waals surface area contributed by atoms with Gasteiger partial charge in [0.15, 0.2) is 11.6 Å². The van der Waals surface area contributed by atoms with Crippen LogP contribution in [0, 0.1) is 11.6 Å². The molecule has 22 heavy (non-hydrogen) atoms. The van der Waals surface area contributed by atoms with Gasteiger partial charge in [0.1, 0.15) is 0 Å². The topological polar surface area (TPSA) is 52.6 Å². The first kappa shape index (κ1) is 15.2. The maximum Gasteiger partial charge on any atom is 0.317 e. The zero-order chi connectivity index (χ0) is 15.7. The number of hydrogen-bond acceptors (Lipinski definition) is 2. The minimum absolute atomic E-state index is 0.122. The Morgan fingerprint density at radius 3 is 2.55 bits per heavy atom. The molecule has 1 aromatic carbocycles. The molecule has 2 bridgehead atoms. The lowest BCUT2D eigenvalue weighted by Gasteiger charge is -2.37. The van der Waals surface area contributed by atoms with Gasteiger partial charge in [0, 0.05) is 18.6 Å². The number of halogens is 2. The lowest BCUT2D eigenvalue weighted by atomic mass is 10.0. The number of carbonyl (C=O) groups excluding carboxylic acids is 1. The molecule has 2 aliphatic heterocycles. The van der Waals surface area contributed by atoms with E-state index in [0.717, 1.165) is 25.0 Å². The molecular formula is C16H20F2N2O2. The number of amides is 2. The van der Waals surface area contributed by atoms with Crippen molar-refractivity contribution in [3.63, 3.8) is 0 Å². The largest absolute Gasteiger partial charge is 0.393 e. The van der Waals surface area contributed by atoms with Gasteiger partial charge in [-0.25, -0.2) is 13.6 Å². The summed E-state index contributed by atoms with van der Waals surface area (Å²) in [6.07, 6.45) is 3.33. The highest BCUT2D eigenvalue weighted by Gasteiger charge is 2.42. The van der Waals surface area contributed by atoms with E-state index in [1.807, 2.05) is 4.90 Å². The van der Waals surface area contributed by atoms with Crippen molar-refractivity contribution in [3.8, 4) is 0 Å². The third-order valence-electron chi connectivity index (χ3n) is 4.62. The molecule has 120 valence electrons. The van der Waals surface area contributed by atoms with Gasteiger partial charge < -0.3 is 15.3 Å². The smallest absolute Gasteiger partial charge is 0.317 e. The molecule has 4 nitrogen and oxygen atoms in total. The summed E-state index contributed by atoms with van der Waals surface area (Å²) in [6.45, 7) is 0.377. The fourth-order valence-corrected chi connectivity index (χ4v) is 3.58. The lowest BCUT2D eigenvalue weighted by Crippen LogP contribution is -2.52. The number of aliphatic hydroxyl groups is 1. The van der Waals surface area contributed by atoms with E-state index in [0.29, 0.717) is 31.4 Å². The van der Waals surface area contributed by atoms with Gasteiger partial charge in [0.05, 0.1) is 6.10 Å². The average molecular weight is 310 g/mol. The molecule has 2 fully saturated rings. The first-order valence-corrected chi connectivity index (χ1v) is 7.72. The van der Waals surface area contributed by atoms with Crippen molar-refractivity contribution >= 4 is 6.03 Å². The summed E-state index contributed by atoms with van der Waals surface area (Å²) in [5.74, 6) is -1.73. The number of fused-ring (bicyclic) bond motifs is 2. The van der Waals surface area contributed by atoms with Crippen molar-refractivity contribution in [2.24, 2.45) is 0 Å². The minimum Gasteiger partial charge on any atom is -0.393 e. The maximum absolute atomic E-state index is 13.1. The van der Waals surface area contributed by atoms with Gasteiger partial charge in [0.25, 0.3) is 0 Å². The number of nitrogens with zero attached hydrogens (tertiary/aromatic N) is 1. The fraction of sp³-hybridized carbons (Fsp3) is 0.562. The Hall–Kier alpha value is -1.69. The van der Waals surface area contributed by atoms with E-state index in [4.69, 9.17) is 0 Å². The molecule has 0 aromatic heterocycles. The molecule has 0 unspecified atom stereocenters. The number of benzene rings is 1. The zero-order valence-electron chi connectivity index (χ0n) is 12.3. The van der Waals surface area contributed by atoms with Crippen LogP contribution in [0.15, 0.2) is 18.2 Å². The van der Waals surface area contributed by atoms with E-state index >= 15 is 0 Å². The quantitative estimate of drug-likeness (QED) is 0.899. The molecule has 2 N–H and O–H groups in total. The van der Waals surface area contributed by atoms with E-state index in [2.05, 4.69) is 5.32 Å². The van der Waals surface area contributed by atoms with Gasteiger partial charge in [-0.1, -0.05) is 6.07 Å². The molecule has 2 aliphatic rings. The van der Waals surface area contributed by atoms with Crippen LogP contribution in [0.5, 0.6) is 0 Å². The van der Waals surface area contributed by atoms with Gasteiger partial charge in [-0.2, -0.15) is 0 Å². The predicted octanol–water partition coefficient (Wildman–Crippen LogP) is 2.20. The molecule has 0 spiro atoms. The molecule has 0 aliphatic carbocycles. The maximum atomic E-state index is 13.1. The number of aliphatic hydroxyl groups excluding tert-OH is 1. The number of nitrogens with one attached hydrogen (secondary N) is 1. The van der Waals surface area contributed by atoms with Crippen LogP contribution < -0.4 is 5.32 Å². The lowest BCUT2D eigenvalue weighted by molar-refractivity contribution is 0.0543. The van der Waals surface area contributed by atoms with E-state index in [1.54, 1.807) is 0 Å². The SMILES string of the molecule is O=C(NCCc1ccc(F)c(F)c1)N1[C@H]2CC[C@H]1CC(O)C2. The van der Waals surface area contributed by atoms with Crippen LogP contribution in [0.1, 0.15) is 31.2 Å². The first-order valence-electron chi connectivity index (χ1n) is 7.72. The number of carbonyl (C=O) groups is 1. The van der Waals surface area contributed by atoms with Crippen molar-refractivity contribution in [2.45, 2.75) is 50.3 Å². The Kier molecular flexibility index (Phi) is 4.29. The summed E-state index contributed by atoms with van der Waals surface area (Å²) < 4.78 is 26.0. The highest BCUT2D eigenvalue weighted by atomic mass is 19.2. The van der Waals surface area contributed by atoms with Crippen LogP contribution in [0.3, 0.4) is 0 Å². The molecular weight excluding hydrogens is 290 g/mol. The van der Waals surface area contributed by atoms with Gasteiger partial charge in [-0.05, 0) is 49.8 Å². The highest BCUT2D eigenvalue weighted by molar-refractivity contribution is 5.75. The van der Waals surface area contributed by atoms with Gasteiger partial charge in [0.2, 0.25) is 0 Å². The van der Waals surface area contributed by atoms with Crippen LogP contribution in [0.2, 0.25) is 0 Å². The highest BCUT2D eigenvalue weighted by Crippen LogP contribution is 2.35. The molecule has 2 saturated heterocycles. The monoisotopic (exact) mass is 310 g/mol. The Morgan fingerprint density at radius 2 is 1.91 bits per heavy atom. The summed E-state index contributed by atoms with van der Waals surface area (Å²) in [5.41, 5.74) is 0.649. The van der Waals surface area contributed by atoms with E-state index in [1.165, 1.54) is 6.07 Å². The summed E-state index contributed by atoms with van der Waals surface area (Å²) in [4.78, 5) is 14.1. The summed E-state index contributed by atoms with van der Waals surface area (Å²) in [5, 5.41) is 12.6. The van der Waals surface area contributed by atoms with Crippen LogP contribution in [0.25, 0.3) is 0 Å². The number of hydrogen-bond donors (Lipinski definition) is 2. The Balaban J connectivity index is 1.51. The molecule has 2 heterocycles. The van der Waals surface area contributed by atoms with Crippen molar-refractivity contribution < 1.29 is 18.7 Å². The second-order valence-electron chi connectivity index (χ2n) is 6.15. The Morgan fingerprint density at radius 1 is 1.23 bits per heavy atom. The summed E-state index contributed by atoms with van der Waals surface area (Å²) in [7, 11) is 0. The second kappa shape index (κ2) is 6.20. The molecule has 6 heteroatoms. The van der Waals surface area contributed by atoms with Gasteiger partial charge >= 0.3 is 6.03 Å². The van der Waals surface area contributed by atoms with E-state index in [-0.39, 0.29) is 24.2 Å². The van der Waals surface area contributed by atoms with Crippen molar-refractivity contribution in [1.82, 2.24) is 10.2 Å². The van der Waals surface area contributed by atoms with Gasteiger partial charge in [-0.3, -0.25) is 0 Å². The predicted molar refractivity (Wildman–Crippen MR) is 77.4 cm³/mol. The molecule has 0 radical (unpaired) electrons. The standard InChI is InChI=1S/C16H20F2N2O2/c17-14-4-1-10(7-15(14)18)5-6-19-16(22)20-11-2-3-12(20)9-13(21)8-11/h1,4,7,11-13,21H,2-3,5-6,8-9H2,(H,19,22)/t11-,12-/m0/s1. The number of piperidine rings is 1. The minimum atomic E-state index is -0.869. The van der Waals surface area contributed by atoms with Crippen molar-refractivity contribution in [2.75, 3.05) is 6.54 Å². The Labute approximate surface area is 128 Å². The van der Waals surface area contributed by atoms with Crippen LogP contribution >= 0.6 is 0 Å². The molecule has 2 atom stereocenters. The van der Waals surface area contributed by atoms with Gasteiger partial charge in [-0.15, -0.1) is 0 Å². The number of rotatable bonds is 3. The number of urea groups is 1. The zero-order valence-corrected chi connectivity index (χ0v) is 12.3. The van der Waals surface area contributed by atoms with Crippen LogP contribution in [-0.2, 0) is 6.42 Å². The molecule has 2 amide bonds. The summed E-state index contributed by atoms with van der Waals surface area (Å²) >= 11 is 0. The second-order valence-corrected chi connectivity index (χ2v) is 6.15. The fourth-order valence-electron chi connectivity index (χ4n) is 3.58. The molecule has 3 rings (SSSR count). The molecule has 1 aromatic rings. The van der Waals surface area contributed by atoms with Crippen LogP contribution in [-0.4, -0.2) is 40.8 Å². The third kappa shape index (κ3) is 3.06. The van der Waals surface area contributed by atoms with E-state index < -0.39 is 11.6 Å². The average Bonchev–Trinajstić information content (AvgIpc) is 2.75. The normalized spacial score (nSPS) is 27.0.